The van der Waals surface area contributed by atoms with Crippen molar-refractivity contribution in [1.82, 2.24) is 14.8 Å². The fourth-order valence-electron chi connectivity index (χ4n) is 2.86. The van der Waals surface area contributed by atoms with Gasteiger partial charge < -0.3 is 14.9 Å². The molecule has 0 aliphatic carbocycles. The Kier molecular flexibility index (Phi) is 5.67. The second kappa shape index (κ2) is 7.96. The summed E-state index contributed by atoms with van der Waals surface area (Å²) in [6, 6.07) is 3.87. The number of hydrogen-bond acceptors (Lipinski definition) is 6. The minimum absolute atomic E-state index is 0.0863. The van der Waals surface area contributed by atoms with E-state index in [2.05, 4.69) is 4.98 Å². The third kappa shape index (κ3) is 4.10. The number of likely N-dealkylation sites (N-methyl/N-ethyl adjacent to an activating group) is 1. The number of thiophene rings is 1. The molecule has 0 saturated carbocycles. The van der Waals surface area contributed by atoms with Crippen LogP contribution in [0.25, 0.3) is 9.88 Å². The number of thiazole rings is 1. The molecule has 0 aromatic carbocycles. The maximum Gasteiger partial charge on any atom is 0.308 e. The number of hydrogen-bond donors (Lipinski definition) is 1. The summed E-state index contributed by atoms with van der Waals surface area (Å²) in [5.41, 5.74) is 0.316. The van der Waals surface area contributed by atoms with E-state index in [1.165, 1.54) is 21.1 Å². The summed E-state index contributed by atoms with van der Waals surface area (Å²) in [5.74, 6) is -1.96. The van der Waals surface area contributed by atoms with Crippen LogP contribution in [0.4, 0.5) is 0 Å². The molecule has 138 valence electrons. The van der Waals surface area contributed by atoms with Crippen LogP contribution in [0.2, 0.25) is 0 Å². The van der Waals surface area contributed by atoms with E-state index in [-0.39, 0.29) is 24.9 Å². The summed E-state index contributed by atoms with van der Waals surface area (Å²) in [7, 11) is 1.56. The van der Waals surface area contributed by atoms with Gasteiger partial charge in [0.15, 0.2) is 0 Å². The van der Waals surface area contributed by atoms with Crippen LogP contribution >= 0.6 is 22.7 Å². The second-order valence-electron chi connectivity index (χ2n) is 6.19. The highest BCUT2D eigenvalue weighted by molar-refractivity contribution is 7.20. The number of carbonyl (C=O) groups is 3. The Morgan fingerprint density at radius 3 is 2.88 bits per heavy atom. The average molecular weight is 393 g/mol. The zero-order valence-electron chi connectivity index (χ0n) is 14.3. The summed E-state index contributed by atoms with van der Waals surface area (Å²) in [5, 5.41) is 13.6. The topological polar surface area (TPSA) is 90.8 Å². The van der Waals surface area contributed by atoms with E-state index in [1.54, 1.807) is 23.8 Å². The Morgan fingerprint density at radius 1 is 1.38 bits per heavy atom. The SMILES string of the molecule is CN(CC(=O)N1CCCC(C(=O)O)C1)C(=O)c1csc(-c2cccs2)n1. The number of carboxylic acids is 1. The Hall–Kier alpha value is -2.26. The van der Waals surface area contributed by atoms with E-state index in [4.69, 9.17) is 5.11 Å². The molecule has 2 aromatic rings. The van der Waals surface area contributed by atoms with Crippen molar-refractivity contribution in [3.8, 4) is 9.88 Å². The average Bonchev–Trinajstić information content (AvgIpc) is 3.32. The smallest absolute Gasteiger partial charge is 0.308 e. The molecule has 0 radical (unpaired) electrons. The highest BCUT2D eigenvalue weighted by Gasteiger charge is 2.29. The van der Waals surface area contributed by atoms with Gasteiger partial charge in [0.2, 0.25) is 5.91 Å². The number of aliphatic carboxylic acids is 1. The zero-order valence-corrected chi connectivity index (χ0v) is 15.9. The standard InChI is InChI=1S/C17H19N3O4S2/c1-19(9-14(21)20-6-2-4-11(8-20)17(23)24)16(22)12-10-26-15(18-12)13-5-3-7-25-13/h3,5,7,10-11H,2,4,6,8-9H2,1H3,(H,23,24). The summed E-state index contributed by atoms with van der Waals surface area (Å²) in [6.45, 7) is 0.649. The number of nitrogens with zero attached hydrogens (tertiary/aromatic N) is 3. The molecule has 2 aromatic heterocycles. The first-order valence-electron chi connectivity index (χ1n) is 8.21. The van der Waals surface area contributed by atoms with Crippen LogP contribution in [0, 0.1) is 5.92 Å². The van der Waals surface area contributed by atoms with Crippen molar-refractivity contribution in [2.45, 2.75) is 12.8 Å². The van der Waals surface area contributed by atoms with Gasteiger partial charge >= 0.3 is 5.97 Å². The van der Waals surface area contributed by atoms with Crippen LogP contribution in [0.15, 0.2) is 22.9 Å². The van der Waals surface area contributed by atoms with E-state index < -0.39 is 11.9 Å². The van der Waals surface area contributed by atoms with Gasteiger partial charge in [0.25, 0.3) is 5.91 Å². The lowest BCUT2D eigenvalue weighted by molar-refractivity contribution is -0.145. The maximum atomic E-state index is 12.5. The van der Waals surface area contributed by atoms with Crippen LogP contribution in [0.5, 0.6) is 0 Å². The summed E-state index contributed by atoms with van der Waals surface area (Å²) < 4.78 is 0. The van der Waals surface area contributed by atoms with Crippen molar-refractivity contribution in [1.29, 1.82) is 0 Å². The Balaban J connectivity index is 1.60. The number of piperidine rings is 1. The highest BCUT2D eigenvalue weighted by atomic mass is 32.1. The molecule has 9 heteroatoms. The first-order chi connectivity index (χ1) is 12.5. The number of carbonyl (C=O) groups excluding carboxylic acids is 2. The van der Waals surface area contributed by atoms with Gasteiger partial charge in [0.05, 0.1) is 17.3 Å². The van der Waals surface area contributed by atoms with Gasteiger partial charge in [0.1, 0.15) is 10.7 Å². The molecule has 1 fully saturated rings. The van der Waals surface area contributed by atoms with Gasteiger partial charge in [-0.15, -0.1) is 22.7 Å². The molecule has 0 bridgehead atoms. The Bertz CT molecular complexity index is 803. The number of rotatable bonds is 5. The molecule has 1 aliphatic heterocycles. The zero-order chi connectivity index (χ0) is 18.7. The quantitative estimate of drug-likeness (QED) is 0.841. The molecule has 1 unspecified atom stereocenters. The Morgan fingerprint density at radius 2 is 2.19 bits per heavy atom. The minimum Gasteiger partial charge on any atom is -0.481 e. The second-order valence-corrected chi connectivity index (χ2v) is 8.00. The van der Waals surface area contributed by atoms with Gasteiger partial charge in [-0.05, 0) is 24.3 Å². The third-order valence-corrected chi connectivity index (χ3v) is 6.18. The van der Waals surface area contributed by atoms with E-state index >= 15 is 0 Å². The predicted octanol–water partition coefficient (Wildman–Crippen LogP) is 2.27. The van der Waals surface area contributed by atoms with Crippen molar-refractivity contribution in [3.05, 3.63) is 28.6 Å². The summed E-state index contributed by atoms with van der Waals surface area (Å²) in [4.78, 5) is 44.3. The van der Waals surface area contributed by atoms with Gasteiger partial charge in [0, 0.05) is 25.5 Å². The number of likely N-dealkylation sites (tertiary alicyclic amines) is 1. The van der Waals surface area contributed by atoms with Crippen molar-refractivity contribution in [2.75, 3.05) is 26.7 Å². The molecule has 7 nitrogen and oxygen atoms in total. The van der Waals surface area contributed by atoms with Crippen molar-refractivity contribution >= 4 is 40.5 Å². The molecule has 26 heavy (non-hydrogen) atoms. The molecule has 3 rings (SSSR count). The van der Waals surface area contributed by atoms with E-state index in [0.29, 0.717) is 25.1 Å². The monoisotopic (exact) mass is 393 g/mol. The van der Waals surface area contributed by atoms with Gasteiger partial charge in [-0.2, -0.15) is 0 Å². The molecule has 1 aliphatic rings. The van der Waals surface area contributed by atoms with Gasteiger partial charge in [-0.25, -0.2) is 4.98 Å². The van der Waals surface area contributed by atoms with E-state index in [9.17, 15) is 14.4 Å². The van der Waals surface area contributed by atoms with Crippen LogP contribution < -0.4 is 0 Å². The molecule has 3 heterocycles. The maximum absolute atomic E-state index is 12.5. The highest BCUT2D eigenvalue weighted by Crippen LogP contribution is 2.28. The van der Waals surface area contributed by atoms with Crippen molar-refractivity contribution in [3.63, 3.8) is 0 Å². The van der Waals surface area contributed by atoms with Crippen LogP contribution in [-0.4, -0.2) is 64.4 Å². The molecule has 1 N–H and O–H groups in total. The van der Waals surface area contributed by atoms with Gasteiger partial charge in [-0.3, -0.25) is 14.4 Å². The molecule has 2 amide bonds. The number of amides is 2. The van der Waals surface area contributed by atoms with Gasteiger partial charge in [-0.1, -0.05) is 6.07 Å². The van der Waals surface area contributed by atoms with Crippen LogP contribution in [0.3, 0.4) is 0 Å². The largest absolute Gasteiger partial charge is 0.481 e. The summed E-state index contributed by atoms with van der Waals surface area (Å²) >= 11 is 2.95. The van der Waals surface area contributed by atoms with Crippen LogP contribution in [0.1, 0.15) is 23.3 Å². The number of aromatic nitrogens is 1. The van der Waals surface area contributed by atoms with Crippen LogP contribution in [-0.2, 0) is 9.59 Å². The minimum atomic E-state index is -0.879. The Labute approximate surface area is 158 Å². The first-order valence-corrected chi connectivity index (χ1v) is 9.97. The van der Waals surface area contributed by atoms with E-state index in [1.807, 2.05) is 17.5 Å². The lowest BCUT2D eigenvalue weighted by atomic mass is 9.98. The molecule has 1 saturated heterocycles. The fourth-order valence-corrected chi connectivity index (χ4v) is 4.47. The third-order valence-electron chi connectivity index (χ3n) is 4.30. The predicted molar refractivity (Wildman–Crippen MR) is 99.3 cm³/mol. The van der Waals surface area contributed by atoms with Crippen molar-refractivity contribution in [2.24, 2.45) is 5.92 Å². The molecular weight excluding hydrogens is 374 g/mol. The first kappa shape index (κ1) is 18.5. The summed E-state index contributed by atoms with van der Waals surface area (Å²) in [6.07, 6.45) is 1.24. The number of carboxylic acid groups (broad SMARTS) is 1. The van der Waals surface area contributed by atoms with E-state index in [0.717, 1.165) is 9.88 Å². The lowest BCUT2D eigenvalue weighted by Crippen LogP contribution is -2.46. The fraction of sp³-hybridized carbons (Fsp3) is 0.412. The van der Waals surface area contributed by atoms with Crippen molar-refractivity contribution < 1.29 is 19.5 Å². The molecule has 1 atom stereocenters. The molecule has 0 spiro atoms. The molecular formula is C17H19N3O4S2. The normalized spacial score (nSPS) is 17.1. The lowest BCUT2D eigenvalue weighted by Gasteiger charge is -2.31.